The summed E-state index contributed by atoms with van der Waals surface area (Å²) in [4.78, 5) is 1.28. The van der Waals surface area contributed by atoms with Gasteiger partial charge < -0.3 is 19.7 Å². The summed E-state index contributed by atoms with van der Waals surface area (Å²) < 4.78 is 13.3. The van der Waals surface area contributed by atoms with Crippen LogP contribution in [0.15, 0.2) is 121 Å². The van der Waals surface area contributed by atoms with Gasteiger partial charge in [0.05, 0.1) is 23.0 Å². The summed E-state index contributed by atoms with van der Waals surface area (Å²) in [5.41, 5.74) is 3.59. The summed E-state index contributed by atoms with van der Waals surface area (Å²) in [7, 11) is 0. The zero-order valence-corrected chi connectivity index (χ0v) is 23.0. The second kappa shape index (κ2) is 11.7. The molecule has 1 aliphatic rings. The lowest BCUT2D eigenvalue weighted by Gasteiger charge is -2.32. The summed E-state index contributed by atoms with van der Waals surface area (Å²) in [5, 5.41) is 23.0. The van der Waals surface area contributed by atoms with E-state index in [1.54, 1.807) is 0 Å². The van der Waals surface area contributed by atoms with Gasteiger partial charge in [0.1, 0.15) is 12.2 Å². The maximum atomic E-state index is 11.5. The first kappa shape index (κ1) is 26.3. The van der Waals surface area contributed by atoms with Gasteiger partial charge in [0, 0.05) is 5.41 Å². The number of benzene rings is 4. The third kappa shape index (κ3) is 5.54. The SMILES string of the molecule is OC(c1ccccc1)c1sc(C(O)c2ccccc2)c2c1OCC(Cc1ccccc1)(Cc1ccccc1)CO2. The minimum Gasteiger partial charge on any atom is -0.488 e. The largest absolute Gasteiger partial charge is 0.488 e. The molecule has 0 saturated heterocycles. The van der Waals surface area contributed by atoms with Crippen LogP contribution in [-0.4, -0.2) is 23.4 Å². The van der Waals surface area contributed by atoms with Crippen LogP contribution in [0.2, 0.25) is 0 Å². The van der Waals surface area contributed by atoms with Gasteiger partial charge in [-0.15, -0.1) is 11.3 Å². The fourth-order valence-corrected chi connectivity index (χ4v) is 6.68. The maximum Gasteiger partial charge on any atom is 0.178 e. The molecule has 0 bridgehead atoms. The Morgan fingerprint density at radius 2 is 0.900 bits per heavy atom. The van der Waals surface area contributed by atoms with Crippen LogP contribution in [0.25, 0.3) is 0 Å². The first-order chi connectivity index (χ1) is 19.6. The van der Waals surface area contributed by atoms with E-state index in [2.05, 4.69) is 48.5 Å². The van der Waals surface area contributed by atoms with Crippen molar-refractivity contribution in [3.05, 3.63) is 153 Å². The van der Waals surface area contributed by atoms with Crippen LogP contribution < -0.4 is 9.47 Å². The molecule has 1 aliphatic heterocycles. The average Bonchev–Trinajstić information content (AvgIpc) is 3.28. The fraction of sp³-hybridized carbons (Fsp3) is 0.200. The lowest BCUT2D eigenvalue weighted by Crippen LogP contribution is -2.38. The van der Waals surface area contributed by atoms with Crippen LogP contribution >= 0.6 is 11.3 Å². The molecule has 0 spiro atoms. The van der Waals surface area contributed by atoms with Crippen molar-refractivity contribution < 1.29 is 19.7 Å². The molecular formula is C35H32O4S. The normalized spacial score (nSPS) is 15.7. The number of aliphatic hydroxyl groups is 2. The van der Waals surface area contributed by atoms with E-state index in [1.807, 2.05) is 72.8 Å². The molecule has 4 nitrogen and oxygen atoms in total. The molecule has 40 heavy (non-hydrogen) atoms. The molecule has 2 heterocycles. The van der Waals surface area contributed by atoms with E-state index in [-0.39, 0.29) is 5.41 Å². The van der Waals surface area contributed by atoms with E-state index in [1.165, 1.54) is 22.5 Å². The predicted octanol–water partition coefficient (Wildman–Crippen LogP) is 7.15. The smallest absolute Gasteiger partial charge is 0.178 e. The van der Waals surface area contributed by atoms with Crippen molar-refractivity contribution in [3.63, 3.8) is 0 Å². The van der Waals surface area contributed by atoms with Gasteiger partial charge in [-0.1, -0.05) is 121 Å². The van der Waals surface area contributed by atoms with Crippen molar-refractivity contribution in [2.75, 3.05) is 13.2 Å². The van der Waals surface area contributed by atoms with Crippen molar-refractivity contribution >= 4 is 11.3 Å². The summed E-state index contributed by atoms with van der Waals surface area (Å²) in [5.74, 6) is 1.05. The van der Waals surface area contributed by atoms with Gasteiger partial charge in [0.15, 0.2) is 11.5 Å². The van der Waals surface area contributed by atoms with E-state index in [4.69, 9.17) is 9.47 Å². The van der Waals surface area contributed by atoms with Crippen molar-refractivity contribution in [1.82, 2.24) is 0 Å². The van der Waals surface area contributed by atoms with Crippen LogP contribution in [0.1, 0.15) is 44.2 Å². The van der Waals surface area contributed by atoms with Crippen molar-refractivity contribution in [3.8, 4) is 11.5 Å². The highest BCUT2D eigenvalue weighted by Crippen LogP contribution is 2.52. The molecule has 5 heteroatoms. The zero-order valence-electron chi connectivity index (χ0n) is 22.1. The molecule has 0 radical (unpaired) electrons. The minimum atomic E-state index is -0.906. The number of thiophene rings is 1. The number of aliphatic hydroxyl groups excluding tert-OH is 2. The molecule has 0 fully saturated rings. The highest BCUT2D eigenvalue weighted by atomic mass is 32.1. The highest BCUT2D eigenvalue weighted by molar-refractivity contribution is 7.13. The molecule has 1 aromatic heterocycles. The molecule has 0 aliphatic carbocycles. The van der Waals surface area contributed by atoms with Gasteiger partial charge >= 0.3 is 0 Å². The van der Waals surface area contributed by atoms with E-state index in [0.717, 1.165) is 24.0 Å². The summed E-state index contributed by atoms with van der Waals surface area (Å²) in [6.45, 7) is 0.825. The predicted molar refractivity (Wildman–Crippen MR) is 159 cm³/mol. The molecule has 4 aromatic carbocycles. The monoisotopic (exact) mass is 548 g/mol. The molecule has 2 atom stereocenters. The van der Waals surface area contributed by atoms with E-state index < -0.39 is 12.2 Å². The molecule has 2 unspecified atom stereocenters. The topological polar surface area (TPSA) is 58.9 Å². The third-order valence-electron chi connectivity index (χ3n) is 7.49. The van der Waals surface area contributed by atoms with Crippen molar-refractivity contribution in [2.24, 2.45) is 5.41 Å². The van der Waals surface area contributed by atoms with Crippen LogP contribution in [-0.2, 0) is 12.8 Å². The first-order valence-corrected chi connectivity index (χ1v) is 14.4. The Balaban J connectivity index is 1.41. The van der Waals surface area contributed by atoms with Gasteiger partial charge in [-0.3, -0.25) is 0 Å². The Morgan fingerprint density at radius 3 is 1.27 bits per heavy atom. The molecule has 0 amide bonds. The van der Waals surface area contributed by atoms with Gasteiger partial charge in [-0.05, 0) is 35.1 Å². The van der Waals surface area contributed by atoms with Crippen LogP contribution in [0.5, 0.6) is 11.5 Å². The molecule has 6 rings (SSSR count). The molecular weight excluding hydrogens is 516 g/mol. The quantitative estimate of drug-likeness (QED) is 0.216. The van der Waals surface area contributed by atoms with Gasteiger partial charge in [-0.2, -0.15) is 0 Å². The Morgan fingerprint density at radius 1 is 0.550 bits per heavy atom. The van der Waals surface area contributed by atoms with E-state index in [0.29, 0.717) is 34.5 Å². The van der Waals surface area contributed by atoms with Crippen LogP contribution in [0, 0.1) is 5.41 Å². The third-order valence-corrected chi connectivity index (χ3v) is 8.75. The number of ether oxygens (including phenoxy) is 2. The summed E-state index contributed by atoms with van der Waals surface area (Å²) in [6.07, 6.45) is -0.278. The number of hydrogen-bond acceptors (Lipinski definition) is 5. The van der Waals surface area contributed by atoms with Gasteiger partial charge in [0.2, 0.25) is 0 Å². The number of fused-ring (bicyclic) bond motifs is 1. The summed E-state index contributed by atoms with van der Waals surface area (Å²) >= 11 is 1.35. The lowest BCUT2D eigenvalue weighted by molar-refractivity contribution is 0.100. The minimum absolute atomic E-state index is 0.358. The second-order valence-corrected chi connectivity index (χ2v) is 11.6. The Hall–Kier alpha value is -3.90. The van der Waals surface area contributed by atoms with E-state index in [9.17, 15) is 10.2 Å². The van der Waals surface area contributed by atoms with Crippen LogP contribution in [0.4, 0.5) is 0 Å². The van der Waals surface area contributed by atoms with Crippen molar-refractivity contribution in [1.29, 1.82) is 0 Å². The molecule has 2 N–H and O–H groups in total. The van der Waals surface area contributed by atoms with Gasteiger partial charge in [-0.25, -0.2) is 0 Å². The highest BCUT2D eigenvalue weighted by Gasteiger charge is 2.40. The maximum absolute atomic E-state index is 11.5. The number of hydrogen-bond donors (Lipinski definition) is 2. The standard InChI is InChI=1S/C35H32O4S/c36-29(27-17-9-3-10-18-27)33-31-32(34(40-33)30(37)28-19-11-4-12-20-28)39-24-35(23-38-31,21-25-13-5-1-6-14-25)22-26-15-7-2-8-16-26/h1-20,29-30,36-37H,21-24H2. The Kier molecular flexibility index (Phi) is 7.69. The van der Waals surface area contributed by atoms with Crippen LogP contribution in [0.3, 0.4) is 0 Å². The second-order valence-electron chi connectivity index (χ2n) is 10.5. The number of rotatable bonds is 8. The zero-order chi connectivity index (χ0) is 27.4. The van der Waals surface area contributed by atoms with E-state index >= 15 is 0 Å². The Labute approximate surface area is 239 Å². The summed E-state index contributed by atoms with van der Waals surface area (Å²) in [6, 6.07) is 39.9. The van der Waals surface area contributed by atoms with Gasteiger partial charge in [0.25, 0.3) is 0 Å². The molecule has 202 valence electrons. The molecule has 0 saturated carbocycles. The Bertz CT molecular complexity index is 1400. The average molecular weight is 549 g/mol. The fourth-order valence-electron chi connectivity index (χ4n) is 5.46. The molecule has 5 aromatic rings. The lowest BCUT2D eigenvalue weighted by atomic mass is 9.77. The van der Waals surface area contributed by atoms with Crippen molar-refractivity contribution in [2.45, 2.75) is 25.0 Å². The first-order valence-electron chi connectivity index (χ1n) is 13.6.